The molecule has 0 spiro atoms. The van der Waals surface area contributed by atoms with E-state index in [-0.39, 0.29) is 31.4 Å². The van der Waals surface area contributed by atoms with Crippen LogP contribution in [0.5, 0.6) is 0 Å². The second-order valence-electron chi connectivity index (χ2n) is 10.7. The number of fused-ring (bicyclic) bond motifs is 1. The molecule has 0 fully saturated rings. The Kier molecular flexibility index (Phi) is 10.4. The molecule has 0 aliphatic carbocycles. The monoisotopic (exact) mass is 601 g/mol. The topological polar surface area (TPSA) is 85.4 Å². The van der Waals surface area contributed by atoms with Gasteiger partial charge in [0.25, 0.3) is 5.91 Å². The smallest absolute Gasteiger partial charge is 0.410 e. The summed E-state index contributed by atoms with van der Waals surface area (Å²) in [5, 5.41) is 6.55. The number of hydrogen-bond donors (Lipinski definition) is 1. The average molecular weight is 603 g/mol. The quantitative estimate of drug-likeness (QED) is 0.436. The molecule has 3 amide bonds. The van der Waals surface area contributed by atoms with Crippen molar-refractivity contribution in [3.05, 3.63) is 63.6 Å². The normalized spacial score (nSPS) is 13.0. The summed E-state index contributed by atoms with van der Waals surface area (Å²) in [7, 11) is 1.77. The SMILES string of the molecule is CCN(CCNC(=O)CN(CC(=O)N(C)N1Cc2ccccc2C1)c1ccc(Br)cc1C)C(=O)OC(C)(C)C. The first-order valence-electron chi connectivity index (χ1n) is 13.2. The molecule has 2 aromatic rings. The van der Waals surface area contributed by atoms with E-state index >= 15 is 0 Å². The van der Waals surface area contributed by atoms with Crippen molar-refractivity contribution in [2.45, 2.75) is 53.3 Å². The molecule has 1 aliphatic heterocycles. The number of nitrogens with one attached hydrogen (secondary N) is 1. The predicted octanol–water partition coefficient (Wildman–Crippen LogP) is 4.33. The molecule has 2 aromatic carbocycles. The molecule has 0 saturated heterocycles. The number of amides is 3. The largest absolute Gasteiger partial charge is 0.444 e. The van der Waals surface area contributed by atoms with Crippen LogP contribution in [0.2, 0.25) is 0 Å². The van der Waals surface area contributed by atoms with Gasteiger partial charge in [-0.2, -0.15) is 0 Å². The highest BCUT2D eigenvalue weighted by atomic mass is 79.9. The highest BCUT2D eigenvalue weighted by molar-refractivity contribution is 9.10. The van der Waals surface area contributed by atoms with Crippen molar-refractivity contribution in [3.63, 3.8) is 0 Å². The van der Waals surface area contributed by atoms with E-state index in [9.17, 15) is 14.4 Å². The summed E-state index contributed by atoms with van der Waals surface area (Å²) in [6.45, 7) is 11.7. The van der Waals surface area contributed by atoms with Crippen molar-refractivity contribution >= 4 is 39.5 Å². The molecule has 0 radical (unpaired) electrons. The lowest BCUT2D eigenvalue weighted by Crippen LogP contribution is -2.48. The molecule has 212 valence electrons. The minimum Gasteiger partial charge on any atom is -0.444 e. The maximum absolute atomic E-state index is 13.4. The number of hydrogen-bond acceptors (Lipinski definition) is 6. The number of rotatable bonds is 10. The molecule has 0 unspecified atom stereocenters. The molecule has 1 N–H and O–H groups in total. The van der Waals surface area contributed by atoms with E-state index in [0.29, 0.717) is 26.2 Å². The summed E-state index contributed by atoms with van der Waals surface area (Å²) in [6.07, 6.45) is -0.413. The molecule has 9 nitrogen and oxygen atoms in total. The lowest BCUT2D eigenvalue weighted by molar-refractivity contribution is -0.145. The molecule has 1 heterocycles. The van der Waals surface area contributed by atoms with E-state index in [2.05, 4.69) is 33.4 Å². The molecule has 0 aromatic heterocycles. The Morgan fingerprint density at radius 1 is 1.05 bits per heavy atom. The third kappa shape index (κ3) is 8.69. The van der Waals surface area contributed by atoms with Gasteiger partial charge in [-0.1, -0.05) is 40.2 Å². The molecule has 0 atom stereocenters. The molecule has 10 heteroatoms. The number of carbonyl (C=O) groups is 3. The number of nitrogens with zero attached hydrogens (tertiary/aromatic N) is 4. The summed E-state index contributed by atoms with van der Waals surface area (Å²) in [5.41, 5.74) is 3.59. The number of carbonyl (C=O) groups excluding carboxylic acids is 3. The fraction of sp³-hybridized carbons (Fsp3) is 0.483. The summed E-state index contributed by atoms with van der Waals surface area (Å²) < 4.78 is 6.36. The van der Waals surface area contributed by atoms with Crippen LogP contribution in [0, 0.1) is 6.92 Å². The summed E-state index contributed by atoms with van der Waals surface area (Å²) >= 11 is 3.49. The van der Waals surface area contributed by atoms with Gasteiger partial charge in [-0.3, -0.25) is 14.6 Å². The van der Waals surface area contributed by atoms with Crippen molar-refractivity contribution in [2.24, 2.45) is 0 Å². The Labute approximate surface area is 240 Å². The number of benzene rings is 2. The van der Waals surface area contributed by atoms with Gasteiger partial charge in [-0.25, -0.2) is 9.80 Å². The average Bonchev–Trinajstić information content (AvgIpc) is 3.29. The maximum Gasteiger partial charge on any atom is 0.410 e. The Hall–Kier alpha value is -3.11. The second-order valence-corrected chi connectivity index (χ2v) is 11.6. The van der Waals surface area contributed by atoms with Crippen molar-refractivity contribution in [1.29, 1.82) is 0 Å². The fourth-order valence-corrected chi connectivity index (χ4v) is 4.89. The highest BCUT2D eigenvalue weighted by Crippen LogP contribution is 2.26. The summed E-state index contributed by atoms with van der Waals surface area (Å²) in [5.74, 6) is -0.346. The predicted molar refractivity (Wildman–Crippen MR) is 156 cm³/mol. The molecule has 0 saturated carbocycles. The van der Waals surface area contributed by atoms with Gasteiger partial charge in [0.1, 0.15) is 5.60 Å². The van der Waals surface area contributed by atoms with Crippen molar-refractivity contribution in [2.75, 3.05) is 44.7 Å². The Bertz CT molecular complexity index is 1160. The molecular weight excluding hydrogens is 562 g/mol. The highest BCUT2D eigenvalue weighted by Gasteiger charge is 2.27. The first-order valence-corrected chi connectivity index (χ1v) is 14.0. The lowest BCUT2D eigenvalue weighted by atomic mass is 10.1. The van der Waals surface area contributed by atoms with Crippen LogP contribution < -0.4 is 10.2 Å². The van der Waals surface area contributed by atoms with Crippen molar-refractivity contribution in [3.8, 4) is 0 Å². The minimum absolute atomic E-state index is 0.000834. The zero-order valence-electron chi connectivity index (χ0n) is 23.8. The van der Waals surface area contributed by atoms with Crippen molar-refractivity contribution in [1.82, 2.24) is 20.2 Å². The second kappa shape index (κ2) is 13.3. The molecule has 39 heavy (non-hydrogen) atoms. The van der Waals surface area contributed by atoms with Crippen LogP contribution in [-0.4, -0.2) is 78.2 Å². The first-order chi connectivity index (χ1) is 18.4. The number of anilines is 1. The molecule has 0 bridgehead atoms. The molecule has 3 rings (SSSR count). The number of aryl methyl sites for hydroxylation is 1. The van der Waals surface area contributed by atoms with Gasteiger partial charge in [0, 0.05) is 49.9 Å². The Balaban J connectivity index is 1.64. The van der Waals surface area contributed by atoms with Crippen LogP contribution in [0.1, 0.15) is 44.4 Å². The molecular formula is C29H40BrN5O4. The van der Waals surface area contributed by atoms with Gasteiger partial charge in [0.05, 0.1) is 13.1 Å². The van der Waals surface area contributed by atoms with E-state index < -0.39 is 11.7 Å². The van der Waals surface area contributed by atoms with Crippen LogP contribution in [0.25, 0.3) is 0 Å². The van der Waals surface area contributed by atoms with Crippen LogP contribution in [0.15, 0.2) is 46.9 Å². The summed E-state index contributed by atoms with van der Waals surface area (Å²) in [4.78, 5) is 42.1. The van der Waals surface area contributed by atoms with Crippen LogP contribution in [0.4, 0.5) is 10.5 Å². The maximum atomic E-state index is 13.4. The van der Waals surface area contributed by atoms with Crippen molar-refractivity contribution < 1.29 is 19.1 Å². The standard InChI is InChI=1S/C29H40BrN5O4/c1-7-33(28(38)39-29(3,4)5)15-14-31-26(36)19-34(25-13-12-24(30)16-21(25)2)20-27(37)32(6)35-17-22-10-8-9-11-23(22)18-35/h8-13,16H,7,14-15,17-20H2,1-6H3,(H,31,36). The summed E-state index contributed by atoms with van der Waals surface area (Å²) in [6, 6.07) is 14.0. The van der Waals surface area contributed by atoms with Gasteiger partial charge in [-0.05, 0) is 69.5 Å². The fourth-order valence-electron chi connectivity index (χ4n) is 4.42. The van der Waals surface area contributed by atoms with E-state index in [0.717, 1.165) is 15.7 Å². The Morgan fingerprint density at radius 2 is 1.69 bits per heavy atom. The van der Waals surface area contributed by atoms with Gasteiger partial charge in [0.15, 0.2) is 0 Å². The van der Waals surface area contributed by atoms with Gasteiger partial charge in [-0.15, -0.1) is 0 Å². The third-order valence-electron chi connectivity index (χ3n) is 6.51. The zero-order valence-corrected chi connectivity index (χ0v) is 25.4. The number of likely N-dealkylation sites (N-methyl/N-ethyl adjacent to an activating group) is 2. The minimum atomic E-state index is -0.589. The molecule has 1 aliphatic rings. The van der Waals surface area contributed by atoms with E-state index in [1.54, 1.807) is 21.9 Å². The van der Waals surface area contributed by atoms with Crippen LogP contribution in [-0.2, 0) is 27.4 Å². The van der Waals surface area contributed by atoms with Crippen LogP contribution in [0.3, 0.4) is 0 Å². The zero-order chi connectivity index (χ0) is 28.7. The van der Waals surface area contributed by atoms with Crippen LogP contribution >= 0.6 is 15.9 Å². The van der Waals surface area contributed by atoms with E-state index in [1.165, 1.54) is 11.1 Å². The van der Waals surface area contributed by atoms with Gasteiger partial charge < -0.3 is 19.9 Å². The van der Waals surface area contributed by atoms with Gasteiger partial charge in [0.2, 0.25) is 5.91 Å². The van der Waals surface area contributed by atoms with E-state index in [4.69, 9.17) is 4.74 Å². The first kappa shape index (κ1) is 30.4. The number of ether oxygens (including phenoxy) is 1. The lowest BCUT2D eigenvalue weighted by Gasteiger charge is -2.32. The Morgan fingerprint density at radius 3 is 2.26 bits per heavy atom. The van der Waals surface area contributed by atoms with Gasteiger partial charge >= 0.3 is 6.09 Å². The third-order valence-corrected chi connectivity index (χ3v) is 7.00. The number of hydrazine groups is 1. The number of halogens is 1. The van der Waals surface area contributed by atoms with E-state index in [1.807, 2.05) is 70.0 Å².